The fraction of sp³-hybridized carbons (Fsp3) is 0.538. The van der Waals surface area contributed by atoms with Crippen LogP contribution in [0.3, 0.4) is 0 Å². The maximum Gasteiger partial charge on any atom is 0.418 e. The Balaban J connectivity index is 3.03. The second kappa shape index (κ2) is 6.64. The number of nitrogens with two attached hydrogens (primary N) is 1. The molecule has 0 bridgehead atoms. The van der Waals surface area contributed by atoms with Crippen LogP contribution in [0.25, 0.3) is 0 Å². The van der Waals surface area contributed by atoms with Crippen molar-refractivity contribution >= 4 is 5.69 Å². The summed E-state index contributed by atoms with van der Waals surface area (Å²) in [6, 6.07) is 5.70. The third kappa shape index (κ3) is 3.91. The van der Waals surface area contributed by atoms with Gasteiger partial charge in [0.25, 0.3) is 0 Å². The molecular formula is C13H19F3N2. The molecule has 0 amide bonds. The molecule has 0 spiro atoms. The number of anilines is 1. The van der Waals surface area contributed by atoms with Crippen molar-refractivity contribution in [2.45, 2.75) is 25.9 Å². The largest absolute Gasteiger partial charge is 0.418 e. The van der Waals surface area contributed by atoms with Gasteiger partial charge < -0.3 is 10.6 Å². The molecule has 102 valence electrons. The zero-order valence-electron chi connectivity index (χ0n) is 10.5. The normalized spacial score (nSPS) is 11.6. The number of hydrogen-bond donors (Lipinski definition) is 1. The van der Waals surface area contributed by atoms with Gasteiger partial charge in [-0.1, -0.05) is 19.1 Å². The van der Waals surface area contributed by atoms with Gasteiger partial charge in [0.15, 0.2) is 0 Å². The first kappa shape index (κ1) is 14.8. The first-order valence-corrected chi connectivity index (χ1v) is 6.12. The highest BCUT2D eigenvalue weighted by molar-refractivity contribution is 5.55. The van der Waals surface area contributed by atoms with Crippen LogP contribution in [0.15, 0.2) is 24.3 Å². The average Bonchev–Trinajstić information content (AvgIpc) is 2.33. The second-order valence-corrected chi connectivity index (χ2v) is 4.14. The van der Waals surface area contributed by atoms with Gasteiger partial charge in [0.1, 0.15) is 0 Å². The Labute approximate surface area is 106 Å². The van der Waals surface area contributed by atoms with Crippen LogP contribution in [-0.4, -0.2) is 19.6 Å². The lowest BCUT2D eigenvalue weighted by Crippen LogP contribution is -2.29. The lowest BCUT2D eigenvalue weighted by atomic mass is 10.1. The van der Waals surface area contributed by atoms with E-state index in [9.17, 15) is 13.2 Å². The molecule has 2 N–H and O–H groups in total. The van der Waals surface area contributed by atoms with Crippen LogP contribution < -0.4 is 10.6 Å². The highest BCUT2D eigenvalue weighted by atomic mass is 19.4. The minimum atomic E-state index is -4.31. The molecule has 1 rings (SSSR count). The fourth-order valence-corrected chi connectivity index (χ4v) is 1.89. The quantitative estimate of drug-likeness (QED) is 0.850. The number of alkyl halides is 3. The van der Waals surface area contributed by atoms with Gasteiger partial charge in [-0.25, -0.2) is 0 Å². The molecule has 2 nitrogen and oxygen atoms in total. The standard InChI is InChI=1S/C13H19F3N2/c1-2-9-18(10-5-8-17)12-7-4-3-6-11(12)13(14,15)16/h3-4,6-7H,2,5,8-10,17H2,1H3. The Morgan fingerprint density at radius 1 is 1.17 bits per heavy atom. The van der Waals surface area contributed by atoms with Crippen LogP contribution in [0.5, 0.6) is 0 Å². The van der Waals surface area contributed by atoms with E-state index in [1.807, 2.05) is 6.92 Å². The summed E-state index contributed by atoms with van der Waals surface area (Å²) in [6.07, 6.45) is -2.83. The Morgan fingerprint density at radius 3 is 2.39 bits per heavy atom. The molecule has 0 aliphatic heterocycles. The Bertz CT molecular complexity index is 363. The van der Waals surface area contributed by atoms with Crippen LogP contribution in [0.1, 0.15) is 25.3 Å². The minimum Gasteiger partial charge on any atom is -0.371 e. The lowest BCUT2D eigenvalue weighted by molar-refractivity contribution is -0.137. The van der Waals surface area contributed by atoms with E-state index >= 15 is 0 Å². The molecule has 0 heterocycles. The van der Waals surface area contributed by atoms with Crippen molar-refractivity contribution in [3.63, 3.8) is 0 Å². The zero-order chi connectivity index (χ0) is 13.6. The van der Waals surface area contributed by atoms with Gasteiger partial charge in [0.2, 0.25) is 0 Å². The van der Waals surface area contributed by atoms with E-state index in [0.29, 0.717) is 26.1 Å². The maximum absolute atomic E-state index is 12.9. The Hall–Kier alpha value is -1.23. The summed E-state index contributed by atoms with van der Waals surface area (Å²) in [4.78, 5) is 1.76. The highest BCUT2D eigenvalue weighted by Crippen LogP contribution is 2.36. The van der Waals surface area contributed by atoms with Crippen molar-refractivity contribution in [1.82, 2.24) is 0 Å². The summed E-state index contributed by atoms with van der Waals surface area (Å²) in [6.45, 7) is 3.59. The first-order chi connectivity index (χ1) is 8.50. The van der Waals surface area contributed by atoms with Crippen LogP contribution >= 0.6 is 0 Å². The van der Waals surface area contributed by atoms with Gasteiger partial charge in [-0.3, -0.25) is 0 Å². The molecular weight excluding hydrogens is 241 g/mol. The van der Waals surface area contributed by atoms with Crippen molar-refractivity contribution < 1.29 is 13.2 Å². The van der Waals surface area contributed by atoms with E-state index in [4.69, 9.17) is 5.73 Å². The van der Waals surface area contributed by atoms with Crippen LogP contribution in [0.2, 0.25) is 0 Å². The van der Waals surface area contributed by atoms with Gasteiger partial charge in [-0.05, 0) is 31.5 Å². The summed E-state index contributed by atoms with van der Waals surface area (Å²) in [5.74, 6) is 0. The van der Waals surface area contributed by atoms with E-state index in [1.54, 1.807) is 11.0 Å². The van der Waals surface area contributed by atoms with E-state index in [0.717, 1.165) is 12.5 Å². The molecule has 0 fully saturated rings. The van der Waals surface area contributed by atoms with E-state index < -0.39 is 11.7 Å². The van der Waals surface area contributed by atoms with Crippen molar-refractivity contribution in [2.24, 2.45) is 5.73 Å². The SMILES string of the molecule is CCCN(CCCN)c1ccccc1C(F)(F)F. The Morgan fingerprint density at radius 2 is 1.83 bits per heavy atom. The minimum absolute atomic E-state index is 0.250. The van der Waals surface area contributed by atoms with Gasteiger partial charge in [0.05, 0.1) is 5.56 Å². The number of para-hydroxylation sites is 1. The number of benzene rings is 1. The third-order valence-corrected chi connectivity index (χ3v) is 2.68. The molecule has 18 heavy (non-hydrogen) atoms. The highest BCUT2D eigenvalue weighted by Gasteiger charge is 2.34. The van der Waals surface area contributed by atoms with E-state index in [-0.39, 0.29) is 5.69 Å². The lowest BCUT2D eigenvalue weighted by Gasteiger charge is -2.27. The number of halogens is 3. The van der Waals surface area contributed by atoms with Gasteiger partial charge >= 0.3 is 6.18 Å². The monoisotopic (exact) mass is 260 g/mol. The van der Waals surface area contributed by atoms with Gasteiger partial charge in [0, 0.05) is 18.8 Å². The predicted octanol–water partition coefficient (Wildman–Crippen LogP) is 3.27. The molecule has 5 heteroatoms. The molecule has 0 unspecified atom stereocenters. The molecule has 0 radical (unpaired) electrons. The summed E-state index contributed by atoms with van der Waals surface area (Å²) in [5.41, 5.74) is 5.10. The molecule has 0 aliphatic carbocycles. The third-order valence-electron chi connectivity index (χ3n) is 2.68. The molecule has 0 aliphatic rings. The van der Waals surface area contributed by atoms with Crippen molar-refractivity contribution in [2.75, 3.05) is 24.5 Å². The first-order valence-electron chi connectivity index (χ1n) is 6.12. The second-order valence-electron chi connectivity index (χ2n) is 4.14. The number of rotatable bonds is 6. The van der Waals surface area contributed by atoms with Crippen LogP contribution in [0.4, 0.5) is 18.9 Å². The van der Waals surface area contributed by atoms with Crippen molar-refractivity contribution in [3.05, 3.63) is 29.8 Å². The molecule has 0 atom stereocenters. The molecule has 0 aromatic heterocycles. The maximum atomic E-state index is 12.9. The molecule has 0 saturated carbocycles. The predicted molar refractivity (Wildman–Crippen MR) is 67.6 cm³/mol. The topological polar surface area (TPSA) is 29.3 Å². The zero-order valence-corrected chi connectivity index (χ0v) is 10.5. The van der Waals surface area contributed by atoms with Gasteiger partial charge in [-0.2, -0.15) is 13.2 Å². The molecule has 1 aromatic rings. The van der Waals surface area contributed by atoms with E-state index in [2.05, 4.69) is 0 Å². The number of nitrogens with zero attached hydrogens (tertiary/aromatic N) is 1. The average molecular weight is 260 g/mol. The summed E-state index contributed by atoms with van der Waals surface area (Å²) < 4.78 is 38.8. The van der Waals surface area contributed by atoms with Crippen LogP contribution in [-0.2, 0) is 6.18 Å². The Kier molecular flexibility index (Phi) is 5.47. The fourth-order valence-electron chi connectivity index (χ4n) is 1.89. The molecule has 0 saturated heterocycles. The summed E-state index contributed by atoms with van der Waals surface area (Å²) >= 11 is 0. The van der Waals surface area contributed by atoms with Crippen molar-refractivity contribution in [3.8, 4) is 0 Å². The van der Waals surface area contributed by atoms with Crippen LogP contribution in [0, 0.1) is 0 Å². The number of hydrogen-bond acceptors (Lipinski definition) is 2. The van der Waals surface area contributed by atoms with E-state index in [1.165, 1.54) is 12.1 Å². The molecule has 1 aromatic carbocycles. The van der Waals surface area contributed by atoms with Gasteiger partial charge in [-0.15, -0.1) is 0 Å². The summed E-state index contributed by atoms with van der Waals surface area (Å²) in [5, 5.41) is 0. The summed E-state index contributed by atoms with van der Waals surface area (Å²) in [7, 11) is 0. The smallest absolute Gasteiger partial charge is 0.371 e. The van der Waals surface area contributed by atoms with Crippen molar-refractivity contribution in [1.29, 1.82) is 0 Å².